The van der Waals surface area contributed by atoms with Gasteiger partial charge in [0.25, 0.3) is 0 Å². The second-order valence-electron chi connectivity index (χ2n) is 3.18. The predicted molar refractivity (Wildman–Crippen MR) is 60.3 cm³/mol. The number of nitrogens with one attached hydrogen (secondary N) is 1. The molecule has 0 unspecified atom stereocenters. The fraction of sp³-hybridized carbons (Fsp3) is 0. The van der Waals surface area contributed by atoms with Crippen LogP contribution < -0.4 is 5.32 Å². The molecule has 1 heterocycles. The summed E-state index contributed by atoms with van der Waals surface area (Å²) in [6.45, 7) is 0. The zero-order valence-corrected chi connectivity index (χ0v) is 8.18. The van der Waals surface area contributed by atoms with Crippen molar-refractivity contribution in [2.24, 2.45) is 0 Å². The van der Waals surface area contributed by atoms with Gasteiger partial charge in [-0.2, -0.15) is 0 Å². The van der Waals surface area contributed by atoms with E-state index in [4.69, 9.17) is 0 Å². The lowest BCUT2D eigenvalue weighted by Gasteiger charge is -1.99. The lowest BCUT2D eigenvalue weighted by Crippen LogP contribution is -2.01. The van der Waals surface area contributed by atoms with Crippen molar-refractivity contribution in [3.8, 4) is 0 Å². The zero-order chi connectivity index (χ0) is 10.5. The standard InChI is InChI=1S/C13H11NO/c15-13(11-5-2-1-3-6-11)12-7-4-9-14-10-8-12/h1-10,14H. The van der Waals surface area contributed by atoms with Crippen molar-refractivity contribution < 1.29 is 4.79 Å². The van der Waals surface area contributed by atoms with E-state index < -0.39 is 0 Å². The summed E-state index contributed by atoms with van der Waals surface area (Å²) in [5.41, 5.74) is 1.39. The van der Waals surface area contributed by atoms with Crippen molar-refractivity contribution in [3.05, 3.63) is 72.1 Å². The van der Waals surface area contributed by atoms with E-state index in [2.05, 4.69) is 5.32 Å². The van der Waals surface area contributed by atoms with E-state index in [1.807, 2.05) is 36.4 Å². The molecule has 2 heteroatoms. The minimum atomic E-state index is 0.0419. The van der Waals surface area contributed by atoms with Crippen molar-refractivity contribution in [1.82, 2.24) is 5.32 Å². The fourth-order valence-corrected chi connectivity index (χ4v) is 1.36. The number of hydrogen-bond donors (Lipinski definition) is 1. The van der Waals surface area contributed by atoms with E-state index in [0.29, 0.717) is 11.1 Å². The number of carbonyl (C=O) groups is 1. The Bertz CT molecular complexity index is 441. The van der Waals surface area contributed by atoms with Gasteiger partial charge < -0.3 is 5.32 Å². The van der Waals surface area contributed by atoms with Crippen molar-refractivity contribution in [2.45, 2.75) is 0 Å². The molecular formula is C13H11NO. The Morgan fingerprint density at radius 1 is 1.07 bits per heavy atom. The molecule has 0 bridgehead atoms. The second-order valence-corrected chi connectivity index (χ2v) is 3.18. The van der Waals surface area contributed by atoms with E-state index in [-0.39, 0.29) is 5.78 Å². The molecule has 1 aliphatic heterocycles. The van der Waals surface area contributed by atoms with Crippen LogP contribution in [0.5, 0.6) is 0 Å². The third kappa shape index (κ3) is 2.23. The smallest absolute Gasteiger partial charge is 0.193 e. The quantitative estimate of drug-likeness (QED) is 0.738. The Morgan fingerprint density at radius 3 is 2.67 bits per heavy atom. The van der Waals surface area contributed by atoms with Gasteiger partial charge in [-0.05, 0) is 18.2 Å². The first-order chi connectivity index (χ1) is 7.38. The number of carbonyl (C=O) groups excluding carboxylic acids is 1. The van der Waals surface area contributed by atoms with Crippen LogP contribution in [0.25, 0.3) is 0 Å². The lowest BCUT2D eigenvalue weighted by atomic mass is 10.0. The highest BCUT2D eigenvalue weighted by molar-refractivity contribution is 6.10. The van der Waals surface area contributed by atoms with E-state index in [1.165, 1.54) is 0 Å². The van der Waals surface area contributed by atoms with Gasteiger partial charge in [0.2, 0.25) is 0 Å². The Morgan fingerprint density at radius 2 is 1.87 bits per heavy atom. The maximum absolute atomic E-state index is 12.0. The first-order valence-electron chi connectivity index (χ1n) is 4.77. The molecule has 0 fully saturated rings. The van der Waals surface area contributed by atoms with Crippen molar-refractivity contribution in [1.29, 1.82) is 0 Å². The predicted octanol–water partition coefficient (Wildman–Crippen LogP) is 2.43. The summed E-state index contributed by atoms with van der Waals surface area (Å²) in [7, 11) is 0. The largest absolute Gasteiger partial charge is 0.368 e. The summed E-state index contributed by atoms with van der Waals surface area (Å²) in [4.78, 5) is 12.0. The van der Waals surface area contributed by atoms with Crippen LogP contribution in [0.4, 0.5) is 0 Å². The zero-order valence-electron chi connectivity index (χ0n) is 8.18. The fourth-order valence-electron chi connectivity index (χ4n) is 1.36. The molecule has 1 aromatic carbocycles. The van der Waals surface area contributed by atoms with Crippen LogP contribution in [0.15, 0.2) is 66.5 Å². The van der Waals surface area contributed by atoms with Gasteiger partial charge in [0.15, 0.2) is 5.78 Å². The van der Waals surface area contributed by atoms with Gasteiger partial charge in [-0.1, -0.05) is 30.3 Å². The average molecular weight is 197 g/mol. The summed E-state index contributed by atoms with van der Waals surface area (Å²) >= 11 is 0. The van der Waals surface area contributed by atoms with E-state index in [1.54, 1.807) is 24.6 Å². The molecule has 0 saturated carbocycles. The van der Waals surface area contributed by atoms with Gasteiger partial charge >= 0.3 is 0 Å². The summed E-state index contributed by atoms with van der Waals surface area (Å²) in [5.74, 6) is 0.0419. The Balaban J connectivity index is 2.29. The van der Waals surface area contributed by atoms with Gasteiger partial charge in [-0.3, -0.25) is 4.79 Å². The molecule has 0 spiro atoms. The topological polar surface area (TPSA) is 29.1 Å². The molecule has 0 amide bonds. The normalized spacial score (nSPS) is 14.0. The number of allylic oxidation sites excluding steroid dienone is 4. The molecule has 1 aliphatic rings. The van der Waals surface area contributed by atoms with Crippen LogP contribution in [0.2, 0.25) is 0 Å². The Hall–Kier alpha value is -2.09. The molecule has 74 valence electrons. The van der Waals surface area contributed by atoms with Crippen LogP contribution in [0, 0.1) is 0 Å². The lowest BCUT2D eigenvalue weighted by molar-refractivity contribution is 0.103. The molecule has 0 aliphatic carbocycles. The van der Waals surface area contributed by atoms with Crippen LogP contribution in [-0.4, -0.2) is 5.78 Å². The summed E-state index contributed by atoms with van der Waals surface area (Å²) in [6, 6.07) is 9.26. The monoisotopic (exact) mass is 197 g/mol. The minimum Gasteiger partial charge on any atom is -0.368 e. The van der Waals surface area contributed by atoms with Gasteiger partial charge in [0.05, 0.1) is 0 Å². The molecule has 15 heavy (non-hydrogen) atoms. The highest BCUT2D eigenvalue weighted by Crippen LogP contribution is 2.10. The molecule has 0 saturated heterocycles. The third-order valence-corrected chi connectivity index (χ3v) is 2.13. The first kappa shape index (κ1) is 9.46. The number of ketones is 1. The van der Waals surface area contributed by atoms with Crippen molar-refractivity contribution in [2.75, 3.05) is 0 Å². The summed E-state index contributed by atoms with van der Waals surface area (Å²) in [5, 5.41) is 2.92. The van der Waals surface area contributed by atoms with Crippen LogP contribution in [0.1, 0.15) is 10.4 Å². The average Bonchev–Trinajstić information content (AvgIpc) is 2.58. The highest BCUT2D eigenvalue weighted by atomic mass is 16.1. The van der Waals surface area contributed by atoms with Crippen LogP contribution >= 0.6 is 0 Å². The van der Waals surface area contributed by atoms with E-state index in [0.717, 1.165) is 0 Å². The number of rotatable bonds is 2. The number of hydrogen-bond acceptors (Lipinski definition) is 2. The van der Waals surface area contributed by atoms with Gasteiger partial charge in [0.1, 0.15) is 0 Å². The third-order valence-electron chi connectivity index (χ3n) is 2.13. The Kier molecular flexibility index (Phi) is 2.79. The molecule has 2 rings (SSSR count). The molecule has 2 nitrogen and oxygen atoms in total. The molecule has 1 aromatic rings. The van der Waals surface area contributed by atoms with Gasteiger partial charge in [-0.25, -0.2) is 0 Å². The molecule has 0 atom stereocenters. The molecular weight excluding hydrogens is 186 g/mol. The summed E-state index contributed by atoms with van der Waals surface area (Å²) in [6.07, 6.45) is 8.91. The van der Waals surface area contributed by atoms with Crippen molar-refractivity contribution >= 4 is 5.78 Å². The van der Waals surface area contributed by atoms with Gasteiger partial charge in [-0.15, -0.1) is 0 Å². The van der Waals surface area contributed by atoms with Crippen LogP contribution in [0.3, 0.4) is 0 Å². The second kappa shape index (κ2) is 4.42. The first-order valence-corrected chi connectivity index (χ1v) is 4.77. The van der Waals surface area contributed by atoms with Gasteiger partial charge in [0, 0.05) is 23.5 Å². The van der Waals surface area contributed by atoms with E-state index >= 15 is 0 Å². The van der Waals surface area contributed by atoms with Crippen LogP contribution in [-0.2, 0) is 0 Å². The van der Waals surface area contributed by atoms with E-state index in [9.17, 15) is 4.79 Å². The number of benzene rings is 1. The van der Waals surface area contributed by atoms with Crippen molar-refractivity contribution in [3.63, 3.8) is 0 Å². The number of Topliss-reactive ketones (excluding diaryl/α,β-unsaturated/α-hetero) is 1. The SMILES string of the molecule is O=C(C1=CC=CNC=C1)c1ccccc1. The maximum atomic E-state index is 12.0. The highest BCUT2D eigenvalue weighted by Gasteiger charge is 2.08. The summed E-state index contributed by atoms with van der Waals surface area (Å²) < 4.78 is 0. The maximum Gasteiger partial charge on any atom is 0.193 e. The Labute approximate surface area is 88.6 Å². The minimum absolute atomic E-state index is 0.0419. The molecule has 0 aromatic heterocycles. The molecule has 1 N–H and O–H groups in total. The molecule has 0 radical (unpaired) electrons.